The van der Waals surface area contributed by atoms with Gasteiger partial charge >= 0.3 is 0 Å². The lowest BCUT2D eigenvalue weighted by Crippen LogP contribution is -1.87. The van der Waals surface area contributed by atoms with Gasteiger partial charge in [-0.25, -0.2) is 0 Å². The normalized spacial score (nSPS) is 29.9. The maximum absolute atomic E-state index is 10.2. The van der Waals surface area contributed by atoms with E-state index >= 15 is 0 Å². The maximum atomic E-state index is 10.2. The van der Waals surface area contributed by atoms with E-state index in [1.54, 1.807) is 0 Å². The zero-order chi connectivity index (χ0) is 7.78. The molecule has 56 valence electrons. The van der Waals surface area contributed by atoms with Crippen LogP contribution in [0.4, 0.5) is 0 Å². The molecule has 0 heterocycles. The van der Waals surface area contributed by atoms with Crippen LogP contribution < -0.4 is 0 Å². The Labute approximate surface area is 62.1 Å². The minimum Gasteiger partial charge on any atom is -0.298 e. The fourth-order valence-corrected chi connectivity index (χ4v) is 1.15. The quantitative estimate of drug-likeness (QED) is 0.422. The van der Waals surface area contributed by atoms with Gasteiger partial charge in [0.25, 0.3) is 0 Å². The Morgan fingerprint density at radius 3 is 2.40 bits per heavy atom. The number of hydrogen-bond acceptors (Lipinski definition) is 1. The van der Waals surface area contributed by atoms with Gasteiger partial charge in [-0.1, -0.05) is 19.9 Å². The van der Waals surface area contributed by atoms with Gasteiger partial charge in [-0.15, -0.1) is 0 Å². The molecule has 0 radical (unpaired) electrons. The molecule has 1 aliphatic rings. The molecule has 0 aromatic heterocycles. The number of aldehydes is 1. The van der Waals surface area contributed by atoms with Crippen LogP contribution in [0.5, 0.6) is 0 Å². The predicted molar refractivity (Wildman–Crippen MR) is 41.7 cm³/mol. The Morgan fingerprint density at radius 1 is 1.60 bits per heavy atom. The summed E-state index contributed by atoms with van der Waals surface area (Å²) in [7, 11) is 0. The van der Waals surface area contributed by atoms with E-state index in [2.05, 4.69) is 19.9 Å². The summed E-state index contributed by atoms with van der Waals surface area (Å²) < 4.78 is 0. The van der Waals surface area contributed by atoms with Crippen molar-refractivity contribution >= 4 is 6.29 Å². The van der Waals surface area contributed by atoms with E-state index in [0.29, 0.717) is 11.3 Å². The average Bonchev–Trinajstić information content (AvgIpc) is 2.40. The molecule has 0 amide bonds. The third-order valence-corrected chi connectivity index (χ3v) is 2.24. The highest BCUT2D eigenvalue weighted by molar-refractivity contribution is 5.72. The monoisotopic (exact) mass is 138 g/mol. The van der Waals surface area contributed by atoms with Crippen LogP contribution >= 0.6 is 0 Å². The van der Waals surface area contributed by atoms with E-state index in [4.69, 9.17) is 0 Å². The fourth-order valence-electron chi connectivity index (χ4n) is 1.15. The van der Waals surface area contributed by atoms with Crippen LogP contribution in [0.2, 0.25) is 0 Å². The van der Waals surface area contributed by atoms with Crippen molar-refractivity contribution in [3.8, 4) is 0 Å². The lowest BCUT2D eigenvalue weighted by molar-refractivity contribution is -0.104. The van der Waals surface area contributed by atoms with E-state index in [1.807, 2.05) is 6.92 Å². The van der Waals surface area contributed by atoms with Crippen LogP contribution in [-0.4, -0.2) is 6.29 Å². The molecule has 1 saturated carbocycles. The van der Waals surface area contributed by atoms with Crippen LogP contribution in [0.15, 0.2) is 11.6 Å². The van der Waals surface area contributed by atoms with Crippen LogP contribution in [0.1, 0.15) is 27.2 Å². The second-order valence-corrected chi connectivity index (χ2v) is 3.83. The van der Waals surface area contributed by atoms with Crippen molar-refractivity contribution in [2.24, 2.45) is 11.3 Å². The Bertz CT molecular complexity index is 177. The summed E-state index contributed by atoms with van der Waals surface area (Å²) in [5, 5.41) is 0. The fraction of sp³-hybridized carbons (Fsp3) is 0.667. The molecule has 0 saturated heterocycles. The van der Waals surface area contributed by atoms with Gasteiger partial charge in [-0.3, -0.25) is 4.79 Å². The molecule has 0 spiro atoms. The van der Waals surface area contributed by atoms with Crippen LogP contribution in [0, 0.1) is 11.3 Å². The summed E-state index contributed by atoms with van der Waals surface area (Å²) in [5.74, 6) is 0.651. The molecular weight excluding hydrogens is 124 g/mol. The Balaban J connectivity index is 2.50. The molecule has 1 fully saturated rings. The Kier molecular flexibility index (Phi) is 1.67. The Hall–Kier alpha value is -0.590. The smallest absolute Gasteiger partial charge is 0.145 e. The molecule has 1 aliphatic carbocycles. The van der Waals surface area contributed by atoms with E-state index in [1.165, 1.54) is 6.42 Å². The minimum absolute atomic E-state index is 0.463. The first kappa shape index (κ1) is 7.52. The molecule has 1 rings (SSSR count). The van der Waals surface area contributed by atoms with Gasteiger partial charge in [0.1, 0.15) is 6.29 Å². The van der Waals surface area contributed by atoms with Crippen LogP contribution in [0.25, 0.3) is 0 Å². The molecule has 0 aromatic carbocycles. The third-order valence-electron chi connectivity index (χ3n) is 2.24. The molecule has 0 aliphatic heterocycles. The van der Waals surface area contributed by atoms with E-state index in [-0.39, 0.29) is 0 Å². The van der Waals surface area contributed by atoms with E-state index in [9.17, 15) is 4.79 Å². The highest BCUT2D eigenvalue weighted by Crippen LogP contribution is 2.52. The molecule has 1 nitrogen and oxygen atoms in total. The molecule has 1 atom stereocenters. The van der Waals surface area contributed by atoms with Crippen molar-refractivity contribution in [1.29, 1.82) is 0 Å². The van der Waals surface area contributed by atoms with Crippen molar-refractivity contribution in [3.05, 3.63) is 11.6 Å². The topological polar surface area (TPSA) is 17.1 Å². The molecule has 0 bridgehead atoms. The molecule has 0 N–H and O–H groups in total. The lowest BCUT2D eigenvalue weighted by Gasteiger charge is -1.96. The molecule has 1 heteroatoms. The highest BCUT2D eigenvalue weighted by atomic mass is 16.1. The van der Waals surface area contributed by atoms with E-state index < -0.39 is 0 Å². The van der Waals surface area contributed by atoms with Gasteiger partial charge in [0, 0.05) is 0 Å². The largest absolute Gasteiger partial charge is 0.298 e. The first-order chi connectivity index (χ1) is 4.56. The van der Waals surface area contributed by atoms with Crippen molar-refractivity contribution in [1.82, 2.24) is 0 Å². The van der Waals surface area contributed by atoms with Gasteiger partial charge in [0.05, 0.1) is 0 Å². The summed E-state index contributed by atoms with van der Waals surface area (Å²) in [6.07, 6.45) is 4.24. The Morgan fingerprint density at radius 2 is 2.10 bits per heavy atom. The van der Waals surface area contributed by atoms with Crippen molar-refractivity contribution < 1.29 is 4.79 Å². The summed E-state index contributed by atoms with van der Waals surface area (Å²) in [6, 6.07) is 0. The van der Waals surface area contributed by atoms with Gasteiger partial charge < -0.3 is 0 Å². The molecule has 10 heavy (non-hydrogen) atoms. The molecular formula is C9H14O. The van der Waals surface area contributed by atoms with Gasteiger partial charge in [-0.2, -0.15) is 0 Å². The zero-order valence-corrected chi connectivity index (χ0v) is 6.85. The number of allylic oxidation sites excluding steroid dienone is 2. The second-order valence-electron chi connectivity index (χ2n) is 3.83. The van der Waals surface area contributed by atoms with Gasteiger partial charge in [-0.05, 0) is 30.3 Å². The van der Waals surface area contributed by atoms with Gasteiger partial charge in [0.15, 0.2) is 0 Å². The third kappa shape index (κ3) is 1.47. The summed E-state index contributed by atoms with van der Waals surface area (Å²) in [5.41, 5.74) is 1.33. The summed E-state index contributed by atoms with van der Waals surface area (Å²) >= 11 is 0. The minimum atomic E-state index is 0.463. The van der Waals surface area contributed by atoms with Crippen molar-refractivity contribution in [2.75, 3.05) is 0 Å². The molecule has 0 aromatic rings. The zero-order valence-electron chi connectivity index (χ0n) is 6.85. The standard InChI is InChI=1S/C9H14O/c1-7(6-10)4-8-5-9(8,2)3/h4,6,8H,5H2,1-3H3/b7-4+. The average molecular weight is 138 g/mol. The second kappa shape index (κ2) is 2.22. The summed E-state index contributed by atoms with van der Waals surface area (Å²) in [4.78, 5) is 10.2. The number of rotatable bonds is 2. The van der Waals surface area contributed by atoms with Crippen LogP contribution in [-0.2, 0) is 4.79 Å². The lowest BCUT2D eigenvalue weighted by atomic mass is 10.1. The first-order valence-electron chi connectivity index (χ1n) is 3.70. The molecule has 1 unspecified atom stereocenters. The van der Waals surface area contributed by atoms with Gasteiger partial charge in [0.2, 0.25) is 0 Å². The van der Waals surface area contributed by atoms with Crippen LogP contribution in [0.3, 0.4) is 0 Å². The predicted octanol–water partition coefficient (Wildman–Crippen LogP) is 2.18. The van der Waals surface area contributed by atoms with Crippen molar-refractivity contribution in [2.45, 2.75) is 27.2 Å². The number of hydrogen-bond donors (Lipinski definition) is 0. The highest BCUT2D eigenvalue weighted by Gasteiger charge is 2.43. The number of carbonyl (C=O) groups is 1. The first-order valence-corrected chi connectivity index (χ1v) is 3.70. The van der Waals surface area contributed by atoms with E-state index in [0.717, 1.165) is 11.9 Å². The number of carbonyl (C=O) groups excluding carboxylic acids is 1. The SMILES string of the molecule is C/C(C=O)=C\C1CC1(C)C. The van der Waals surface area contributed by atoms with Crippen molar-refractivity contribution in [3.63, 3.8) is 0 Å². The maximum Gasteiger partial charge on any atom is 0.145 e. The summed E-state index contributed by atoms with van der Waals surface area (Å²) in [6.45, 7) is 6.32.